The molecule has 64 valence electrons. The largest absolute Gasteiger partial charge is 0.338 e. The van der Waals surface area contributed by atoms with Crippen LogP contribution in [-0.4, -0.2) is 24.6 Å². The Bertz CT molecular complexity index is 248. The molecule has 1 heterocycles. The summed E-state index contributed by atoms with van der Waals surface area (Å²) in [7, 11) is 1.76. The van der Waals surface area contributed by atoms with E-state index in [1.807, 2.05) is 0 Å². The molecule has 1 amide bonds. The Morgan fingerprint density at radius 2 is 2.42 bits per heavy atom. The lowest BCUT2D eigenvalue weighted by Gasteiger charge is -2.01. The summed E-state index contributed by atoms with van der Waals surface area (Å²) in [6.45, 7) is 0.454. The molecule has 1 aromatic heterocycles. The van der Waals surface area contributed by atoms with Gasteiger partial charge in [-0.2, -0.15) is 0 Å². The Hall–Kier alpha value is -1.42. The highest BCUT2D eigenvalue weighted by Gasteiger charge is 2.02. The summed E-state index contributed by atoms with van der Waals surface area (Å²) in [5.74, 6) is -0.162. The maximum atomic E-state index is 11.2. The number of nitrogens with one attached hydrogen (secondary N) is 2. The third-order valence-corrected chi connectivity index (χ3v) is 1.32. The van der Waals surface area contributed by atoms with Gasteiger partial charge in [0.2, 0.25) is 0 Å². The van der Waals surface area contributed by atoms with Gasteiger partial charge in [-0.3, -0.25) is 9.78 Å². The first-order valence-electron chi connectivity index (χ1n) is 3.68. The van der Waals surface area contributed by atoms with Gasteiger partial charge in [0.1, 0.15) is 5.69 Å². The molecule has 12 heavy (non-hydrogen) atoms. The van der Waals surface area contributed by atoms with E-state index in [2.05, 4.69) is 15.6 Å². The second kappa shape index (κ2) is 4.46. The first-order chi connectivity index (χ1) is 5.84. The van der Waals surface area contributed by atoms with Crippen molar-refractivity contribution in [2.24, 2.45) is 0 Å². The molecule has 4 nitrogen and oxygen atoms in total. The molecule has 0 atom stereocenters. The zero-order valence-corrected chi connectivity index (χ0v) is 6.87. The molecule has 0 aliphatic heterocycles. The number of aromatic nitrogens is 1. The molecule has 0 spiro atoms. The summed E-state index contributed by atoms with van der Waals surface area (Å²) in [5, 5.41) is 5.44. The molecule has 1 aromatic rings. The minimum atomic E-state index is -0.162. The van der Waals surface area contributed by atoms with Gasteiger partial charge in [0.05, 0.1) is 6.67 Å². The molecular weight excluding hydrogens is 154 g/mol. The fourth-order valence-corrected chi connectivity index (χ4v) is 0.756. The molecule has 0 unspecified atom stereocenters. The summed E-state index contributed by atoms with van der Waals surface area (Å²) in [4.78, 5) is 15.1. The maximum absolute atomic E-state index is 11.2. The van der Waals surface area contributed by atoms with Crippen LogP contribution in [0.1, 0.15) is 10.5 Å². The molecule has 4 heteroatoms. The standard InChI is InChI=1S/C8H11N3O/c1-9-6-11-8(12)7-4-2-3-5-10-7/h2-5,9H,6H2,1H3,(H,11,12). The van der Waals surface area contributed by atoms with E-state index in [9.17, 15) is 4.79 Å². The lowest BCUT2D eigenvalue weighted by Crippen LogP contribution is -2.32. The fraction of sp³-hybridized carbons (Fsp3) is 0.250. The third kappa shape index (κ3) is 2.32. The van der Waals surface area contributed by atoms with Gasteiger partial charge in [-0.15, -0.1) is 0 Å². The molecule has 0 aliphatic rings. The second-order valence-electron chi connectivity index (χ2n) is 2.25. The minimum Gasteiger partial charge on any atom is -0.338 e. The number of hydrogen-bond donors (Lipinski definition) is 2. The quantitative estimate of drug-likeness (QED) is 0.619. The lowest BCUT2D eigenvalue weighted by atomic mass is 10.3. The Labute approximate surface area is 71.0 Å². The van der Waals surface area contributed by atoms with E-state index in [0.29, 0.717) is 12.4 Å². The molecular formula is C8H11N3O. The van der Waals surface area contributed by atoms with Crippen LogP contribution in [0, 0.1) is 0 Å². The van der Waals surface area contributed by atoms with Crippen LogP contribution < -0.4 is 10.6 Å². The molecule has 0 bridgehead atoms. The minimum absolute atomic E-state index is 0.162. The lowest BCUT2D eigenvalue weighted by molar-refractivity contribution is 0.0946. The van der Waals surface area contributed by atoms with Crippen molar-refractivity contribution < 1.29 is 4.79 Å². The van der Waals surface area contributed by atoms with Crippen molar-refractivity contribution in [3.63, 3.8) is 0 Å². The Kier molecular flexibility index (Phi) is 3.22. The average Bonchev–Trinajstić information content (AvgIpc) is 2.15. The number of rotatable bonds is 3. The summed E-state index contributed by atoms with van der Waals surface area (Å²) in [6, 6.07) is 5.22. The average molecular weight is 165 g/mol. The van der Waals surface area contributed by atoms with Crippen molar-refractivity contribution >= 4 is 5.91 Å². The van der Waals surface area contributed by atoms with Crippen LogP contribution in [0.4, 0.5) is 0 Å². The van der Waals surface area contributed by atoms with Crippen molar-refractivity contribution in [3.8, 4) is 0 Å². The van der Waals surface area contributed by atoms with E-state index in [1.54, 1.807) is 31.4 Å². The Morgan fingerprint density at radius 1 is 1.58 bits per heavy atom. The van der Waals surface area contributed by atoms with Gasteiger partial charge in [-0.05, 0) is 19.2 Å². The van der Waals surface area contributed by atoms with Gasteiger partial charge >= 0.3 is 0 Å². The van der Waals surface area contributed by atoms with Crippen molar-refractivity contribution in [1.29, 1.82) is 0 Å². The normalized spacial score (nSPS) is 9.42. The third-order valence-electron chi connectivity index (χ3n) is 1.32. The van der Waals surface area contributed by atoms with Gasteiger partial charge in [-0.1, -0.05) is 6.07 Å². The molecule has 0 saturated carbocycles. The van der Waals surface area contributed by atoms with Crippen molar-refractivity contribution in [2.75, 3.05) is 13.7 Å². The highest BCUT2D eigenvalue weighted by atomic mass is 16.1. The molecule has 0 fully saturated rings. The topological polar surface area (TPSA) is 54.0 Å². The van der Waals surface area contributed by atoms with E-state index >= 15 is 0 Å². The predicted molar refractivity (Wildman–Crippen MR) is 45.6 cm³/mol. The number of nitrogens with zero attached hydrogens (tertiary/aromatic N) is 1. The van der Waals surface area contributed by atoms with Gasteiger partial charge in [0.15, 0.2) is 0 Å². The monoisotopic (exact) mass is 165 g/mol. The highest BCUT2D eigenvalue weighted by molar-refractivity contribution is 5.92. The summed E-state index contributed by atoms with van der Waals surface area (Å²) in [5.41, 5.74) is 0.438. The Balaban J connectivity index is 2.54. The van der Waals surface area contributed by atoms with Crippen LogP contribution >= 0.6 is 0 Å². The van der Waals surface area contributed by atoms with E-state index in [4.69, 9.17) is 0 Å². The van der Waals surface area contributed by atoms with E-state index in [0.717, 1.165) is 0 Å². The number of pyridine rings is 1. The highest BCUT2D eigenvalue weighted by Crippen LogP contribution is 1.91. The summed E-state index contributed by atoms with van der Waals surface area (Å²) < 4.78 is 0. The number of carbonyl (C=O) groups is 1. The molecule has 0 aromatic carbocycles. The van der Waals surface area contributed by atoms with Crippen LogP contribution in [0.3, 0.4) is 0 Å². The van der Waals surface area contributed by atoms with Crippen LogP contribution in [0.2, 0.25) is 0 Å². The molecule has 1 rings (SSSR count). The van der Waals surface area contributed by atoms with Crippen molar-refractivity contribution in [2.45, 2.75) is 0 Å². The SMILES string of the molecule is CNCNC(=O)c1ccccn1. The number of carbonyl (C=O) groups excluding carboxylic acids is 1. The fourth-order valence-electron chi connectivity index (χ4n) is 0.756. The first kappa shape index (κ1) is 8.67. The van der Waals surface area contributed by atoms with E-state index < -0.39 is 0 Å². The van der Waals surface area contributed by atoms with Gasteiger partial charge < -0.3 is 10.6 Å². The van der Waals surface area contributed by atoms with Crippen LogP contribution in [0.25, 0.3) is 0 Å². The van der Waals surface area contributed by atoms with Gasteiger partial charge in [-0.25, -0.2) is 0 Å². The van der Waals surface area contributed by atoms with Gasteiger partial charge in [0.25, 0.3) is 5.91 Å². The zero-order chi connectivity index (χ0) is 8.81. The second-order valence-corrected chi connectivity index (χ2v) is 2.25. The molecule has 0 aliphatic carbocycles. The van der Waals surface area contributed by atoms with Crippen LogP contribution in [0.15, 0.2) is 24.4 Å². The molecule has 0 radical (unpaired) electrons. The van der Waals surface area contributed by atoms with Crippen molar-refractivity contribution in [1.82, 2.24) is 15.6 Å². The molecule has 0 saturated heterocycles. The number of hydrogen-bond acceptors (Lipinski definition) is 3. The van der Waals surface area contributed by atoms with E-state index in [1.165, 1.54) is 0 Å². The molecule has 2 N–H and O–H groups in total. The number of amides is 1. The van der Waals surface area contributed by atoms with Crippen LogP contribution in [0.5, 0.6) is 0 Å². The first-order valence-corrected chi connectivity index (χ1v) is 3.68. The zero-order valence-electron chi connectivity index (χ0n) is 6.87. The summed E-state index contributed by atoms with van der Waals surface area (Å²) in [6.07, 6.45) is 1.59. The summed E-state index contributed by atoms with van der Waals surface area (Å²) >= 11 is 0. The van der Waals surface area contributed by atoms with Gasteiger partial charge in [0, 0.05) is 6.20 Å². The smallest absolute Gasteiger partial charge is 0.270 e. The Morgan fingerprint density at radius 3 is 3.00 bits per heavy atom. The van der Waals surface area contributed by atoms with E-state index in [-0.39, 0.29) is 5.91 Å². The maximum Gasteiger partial charge on any atom is 0.270 e. The van der Waals surface area contributed by atoms with Crippen molar-refractivity contribution in [3.05, 3.63) is 30.1 Å². The predicted octanol–water partition coefficient (Wildman–Crippen LogP) is -0.0117. The van der Waals surface area contributed by atoms with Crippen LogP contribution in [-0.2, 0) is 0 Å².